The maximum atomic E-state index is 12.2. The quantitative estimate of drug-likeness (QED) is 0.567. The van der Waals surface area contributed by atoms with E-state index in [-0.39, 0.29) is 10.9 Å². The van der Waals surface area contributed by atoms with Crippen LogP contribution in [0.4, 0.5) is 0 Å². The minimum absolute atomic E-state index is 0.108. The molecule has 1 saturated heterocycles. The van der Waals surface area contributed by atoms with Gasteiger partial charge < -0.3 is 0 Å². The second-order valence-electron chi connectivity index (χ2n) is 4.21. The summed E-state index contributed by atoms with van der Waals surface area (Å²) in [5.41, 5.74) is 0. The Bertz CT molecular complexity index is 566. The van der Waals surface area contributed by atoms with Crippen molar-refractivity contribution in [2.75, 3.05) is 13.1 Å². The van der Waals surface area contributed by atoms with Crippen LogP contribution in [0.15, 0.2) is 22.3 Å². The fourth-order valence-corrected chi connectivity index (χ4v) is 3.42. The molecule has 0 saturated carbocycles. The van der Waals surface area contributed by atoms with Crippen molar-refractivity contribution in [1.29, 1.82) is 0 Å². The molecule has 0 amide bonds. The number of nitrogens with zero attached hydrogens (tertiary/aromatic N) is 4. The Hall–Kier alpha value is -1.50. The summed E-state index contributed by atoms with van der Waals surface area (Å²) >= 11 is 0. The van der Waals surface area contributed by atoms with Gasteiger partial charge in [0.1, 0.15) is 4.90 Å². The highest BCUT2D eigenvalue weighted by molar-refractivity contribution is 7.89. The molecule has 0 spiro atoms. The molecule has 98 valence electrons. The van der Waals surface area contributed by atoms with E-state index in [1.807, 2.05) is 0 Å². The predicted octanol–water partition coefficient (Wildman–Crippen LogP) is -0.0910. The number of hydrogen-bond acceptors (Lipinski definition) is 5. The third-order valence-corrected chi connectivity index (χ3v) is 4.83. The summed E-state index contributed by atoms with van der Waals surface area (Å²) in [5, 5.41) is 3.86. The molecule has 1 aliphatic heterocycles. The van der Waals surface area contributed by atoms with Gasteiger partial charge in [-0.3, -0.25) is 4.68 Å². The van der Waals surface area contributed by atoms with Crippen molar-refractivity contribution in [1.82, 2.24) is 14.1 Å². The van der Waals surface area contributed by atoms with E-state index in [4.69, 9.17) is 0 Å². The smallest absolute Gasteiger partial charge is 0.246 e. The molecular weight excluding hydrogens is 256 g/mol. The number of isocyanates is 1. The molecule has 7 nitrogen and oxygen atoms in total. The van der Waals surface area contributed by atoms with Crippen LogP contribution in [0.3, 0.4) is 0 Å². The van der Waals surface area contributed by atoms with Gasteiger partial charge in [0.15, 0.2) is 0 Å². The van der Waals surface area contributed by atoms with Crippen LogP contribution in [-0.2, 0) is 21.9 Å². The first kappa shape index (κ1) is 12.9. The second kappa shape index (κ2) is 5.01. The van der Waals surface area contributed by atoms with Gasteiger partial charge in [-0.2, -0.15) is 9.40 Å². The van der Waals surface area contributed by atoms with Crippen LogP contribution in [-0.4, -0.2) is 47.7 Å². The molecule has 1 aliphatic rings. The van der Waals surface area contributed by atoms with E-state index in [0.29, 0.717) is 25.9 Å². The van der Waals surface area contributed by atoms with E-state index in [2.05, 4.69) is 10.1 Å². The number of aryl methyl sites for hydroxylation is 1. The molecule has 0 N–H and O–H groups in total. The lowest BCUT2D eigenvalue weighted by atomic mass is 10.1. The monoisotopic (exact) mass is 270 g/mol. The molecule has 2 heterocycles. The van der Waals surface area contributed by atoms with E-state index in [1.54, 1.807) is 7.05 Å². The zero-order valence-electron chi connectivity index (χ0n) is 9.98. The highest BCUT2D eigenvalue weighted by atomic mass is 32.2. The van der Waals surface area contributed by atoms with Crippen LogP contribution < -0.4 is 0 Å². The topological polar surface area (TPSA) is 84.6 Å². The lowest BCUT2D eigenvalue weighted by molar-refractivity contribution is 0.320. The summed E-state index contributed by atoms with van der Waals surface area (Å²) in [6.45, 7) is 0.736. The summed E-state index contributed by atoms with van der Waals surface area (Å²) in [7, 11) is -1.80. The first-order valence-electron chi connectivity index (χ1n) is 5.60. The first-order valence-corrected chi connectivity index (χ1v) is 7.04. The summed E-state index contributed by atoms with van der Waals surface area (Å²) in [6, 6.07) is -0.108. The third kappa shape index (κ3) is 2.50. The molecule has 1 fully saturated rings. The maximum Gasteiger partial charge on any atom is 0.246 e. The number of rotatable bonds is 3. The summed E-state index contributed by atoms with van der Waals surface area (Å²) < 4.78 is 27.3. The van der Waals surface area contributed by atoms with Gasteiger partial charge in [0, 0.05) is 26.3 Å². The summed E-state index contributed by atoms with van der Waals surface area (Å²) in [5.74, 6) is 0. The van der Waals surface area contributed by atoms with Crippen molar-refractivity contribution in [3.8, 4) is 0 Å². The number of aromatic nitrogens is 2. The van der Waals surface area contributed by atoms with Crippen molar-refractivity contribution in [2.24, 2.45) is 12.0 Å². The van der Waals surface area contributed by atoms with Crippen molar-refractivity contribution in [3.63, 3.8) is 0 Å². The van der Waals surface area contributed by atoms with Crippen LogP contribution in [0.25, 0.3) is 0 Å². The lowest BCUT2D eigenvalue weighted by Gasteiger charge is -2.28. The standard InChI is InChI=1S/C10H14N4O3S/c1-13-7-10(6-12-13)18(16,17)14-4-2-9(3-5-14)11-8-15/h6-7,9H,2-5H2,1H3. The molecule has 8 heteroatoms. The first-order chi connectivity index (χ1) is 8.54. The van der Waals surface area contributed by atoms with Crippen LogP contribution >= 0.6 is 0 Å². The average molecular weight is 270 g/mol. The molecular formula is C10H14N4O3S. The van der Waals surface area contributed by atoms with Gasteiger partial charge in [-0.05, 0) is 12.8 Å². The van der Waals surface area contributed by atoms with Crippen LogP contribution in [0.5, 0.6) is 0 Å². The highest BCUT2D eigenvalue weighted by Crippen LogP contribution is 2.21. The van der Waals surface area contributed by atoms with Gasteiger partial charge in [0.25, 0.3) is 0 Å². The SMILES string of the molecule is Cn1cc(S(=O)(=O)N2CCC(N=C=O)CC2)cn1. The lowest BCUT2D eigenvalue weighted by Crippen LogP contribution is -2.39. The molecule has 0 radical (unpaired) electrons. The third-order valence-electron chi connectivity index (χ3n) is 2.98. The van der Waals surface area contributed by atoms with E-state index < -0.39 is 10.0 Å². The number of carbonyl (C=O) groups excluding carboxylic acids is 1. The van der Waals surface area contributed by atoms with Gasteiger partial charge in [-0.15, -0.1) is 0 Å². The Morgan fingerprint density at radius 2 is 2.11 bits per heavy atom. The molecule has 0 atom stereocenters. The zero-order chi connectivity index (χ0) is 13.2. The number of piperidine rings is 1. The van der Waals surface area contributed by atoms with Crippen molar-refractivity contribution >= 4 is 16.1 Å². The van der Waals surface area contributed by atoms with Crippen molar-refractivity contribution < 1.29 is 13.2 Å². The Morgan fingerprint density at radius 1 is 1.44 bits per heavy atom. The Labute approximate surface area is 105 Å². The predicted molar refractivity (Wildman–Crippen MR) is 63.1 cm³/mol. The van der Waals surface area contributed by atoms with E-state index in [1.165, 1.54) is 27.5 Å². The van der Waals surface area contributed by atoms with Gasteiger partial charge in [-0.1, -0.05) is 0 Å². The normalized spacial score (nSPS) is 18.5. The van der Waals surface area contributed by atoms with Gasteiger partial charge in [0.05, 0.1) is 12.2 Å². The largest absolute Gasteiger partial charge is 0.274 e. The molecule has 18 heavy (non-hydrogen) atoms. The Balaban J connectivity index is 2.11. The molecule has 0 unspecified atom stereocenters. The minimum atomic E-state index is -3.47. The zero-order valence-corrected chi connectivity index (χ0v) is 10.8. The van der Waals surface area contributed by atoms with Crippen LogP contribution in [0.2, 0.25) is 0 Å². The van der Waals surface area contributed by atoms with Crippen molar-refractivity contribution in [2.45, 2.75) is 23.8 Å². The van der Waals surface area contributed by atoms with Crippen LogP contribution in [0.1, 0.15) is 12.8 Å². The van der Waals surface area contributed by atoms with Crippen LogP contribution in [0, 0.1) is 0 Å². The van der Waals surface area contributed by atoms with E-state index in [0.717, 1.165) is 0 Å². The maximum absolute atomic E-state index is 12.2. The highest BCUT2D eigenvalue weighted by Gasteiger charge is 2.30. The van der Waals surface area contributed by atoms with Crippen molar-refractivity contribution in [3.05, 3.63) is 12.4 Å². The Morgan fingerprint density at radius 3 is 2.61 bits per heavy atom. The fourth-order valence-electron chi connectivity index (χ4n) is 1.97. The number of aliphatic imine (C=N–C) groups is 1. The summed E-state index contributed by atoms with van der Waals surface area (Å²) in [6.07, 6.45) is 5.44. The average Bonchev–Trinajstić information content (AvgIpc) is 2.78. The molecule has 1 aromatic heterocycles. The molecule has 1 aromatic rings. The molecule has 2 rings (SSSR count). The Kier molecular flexibility index (Phi) is 3.60. The van der Waals surface area contributed by atoms with E-state index >= 15 is 0 Å². The fraction of sp³-hybridized carbons (Fsp3) is 0.600. The van der Waals surface area contributed by atoms with Gasteiger partial charge in [0.2, 0.25) is 16.1 Å². The van der Waals surface area contributed by atoms with E-state index in [9.17, 15) is 13.2 Å². The molecule has 0 aliphatic carbocycles. The second-order valence-corrected chi connectivity index (χ2v) is 6.14. The summed E-state index contributed by atoms with van der Waals surface area (Å²) in [4.78, 5) is 14.0. The molecule has 0 aromatic carbocycles. The van der Waals surface area contributed by atoms with Gasteiger partial charge in [-0.25, -0.2) is 18.2 Å². The minimum Gasteiger partial charge on any atom is -0.274 e. The molecule has 0 bridgehead atoms. The van der Waals surface area contributed by atoms with Gasteiger partial charge >= 0.3 is 0 Å². The number of hydrogen-bond donors (Lipinski definition) is 0. The number of sulfonamides is 1.